The molecule has 0 aromatic heterocycles. The van der Waals surface area contributed by atoms with Crippen molar-refractivity contribution in [2.24, 2.45) is 0 Å². The molecule has 0 aliphatic carbocycles. The zero-order chi connectivity index (χ0) is 17.8. The van der Waals surface area contributed by atoms with Crippen LogP contribution >= 0.6 is 17.9 Å². The molecular weight excluding hydrogens is 349 g/mol. The molecule has 0 saturated heterocycles. The molecule has 0 heterocycles. The van der Waals surface area contributed by atoms with Gasteiger partial charge in [-0.2, -0.15) is 0 Å². The topological polar surface area (TPSA) is 38.7 Å². The number of thiol groups is 1. The first-order chi connectivity index (χ1) is 10.4. The molecule has 3 atom stereocenters. The van der Waals surface area contributed by atoms with Crippen LogP contribution in [-0.4, -0.2) is 50.3 Å². The second-order valence-electron chi connectivity index (χ2n) is 7.00. The molecule has 0 spiro atoms. The van der Waals surface area contributed by atoms with Crippen molar-refractivity contribution < 1.29 is 18.6 Å². The summed E-state index contributed by atoms with van der Waals surface area (Å²) in [5, 5.41) is 0. The second-order valence-corrected chi connectivity index (χ2v) is 12.1. The van der Waals surface area contributed by atoms with Crippen molar-refractivity contribution in [2.45, 2.75) is 32.5 Å². The van der Waals surface area contributed by atoms with Gasteiger partial charge in [-0.1, -0.05) is 30.4 Å². The summed E-state index contributed by atoms with van der Waals surface area (Å²) < 4.78 is 11.8. The number of nitrogens with zero attached hydrogens (tertiary/aromatic N) is 1. The van der Waals surface area contributed by atoms with E-state index in [1.807, 2.05) is 13.8 Å². The monoisotopic (exact) mass is 378 g/mol. The van der Waals surface area contributed by atoms with Crippen LogP contribution in [0, 0.1) is 6.92 Å². The minimum atomic E-state index is -3.05. The summed E-state index contributed by atoms with van der Waals surface area (Å²) >= 11 is 9.05. The molecule has 0 bridgehead atoms. The van der Waals surface area contributed by atoms with Gasteiger partial charge in [-0.05, 0) is 48.8 Å². The number of methoxy groups -OCH3 is 1. The Labute approximate surface area is 150 Å². The fraction of sp³-hybridized carbons (Fsp3) is 0.625. The lowest BCUT2D eigenvalue weighted by atomic mass is 9.97. The smallest absolute Gasteiger partial charge is 0.242 e. The molecule has 0 amide bonds. The van der Waals surface area contributed by atoms with E-state index in [1.54, 1.807) is 7.11 Å². The minimum absolute atomic E-state index is 0.150. The number of likely N-dealkylation sites (N-methyl/N-ethyl adjacent to an activating group) is 1. The van der Waals surface area contributed by atoms with E-state index in [-0.39, 0.29) is 12.2 Å². The van der Waals surface area contributed by atoms with Crippen molar-refractivity contribution in [3.8, 4) is 0 Å². The number of ether oxygens (including phenoxy) is 1. The quantitative estimate of drug-likeness (QED) is 0.413. The van der Waals surface area contributed by atoms with Gasteiger partial charge >= 0.3 is 0 Å². The van der Waals surface area contributed by atoms with Crippen LogP contribution in [-0.2, 0) is 27.5 Å². The number of hydrogen-bond acceptors (Lipinski definition) is 3. The first kappa shape index (κ1) is 21.1. The molecule has 1 aromatic rings. The highest BCUT2D eigenvalue weighted by molar-refractivity contribution is 8.59. The minimum Gasteiger partial charge on any atom is -0.381 e. The number of quaternary nitrogens is 1. The predicted octanol–water partition coefficient (Wildman–Crippen LogP) is 3.48. The van der Waals surface area contributed by atoms with Gasteiger partial charge in [0.05, 0.1) is 27.2 Å². The van der Waals surface area contributed by atoms with Crippen LogP contribution in [0.5, 0.6) is 0 Å². The molecule has 4 nitrogen and oxygen atoms in total. The first-order valence-electron chi connectivity index (χ1n) is 7.58. The molecule has 0 saturated carbocycles. The van der Waals surface area contributed by atoms with Gasteiger partial charge in [-0.15, -0.1) is 0 Å². The average molecular weight is 379 g/mol. The molecule has 23 heavy (non-hydrogen) atoms. The van der Waals surface area contributed by atoms with E-state index in [0.29, 0.717) is 11.0 Å². The Balaban J connectivity index is 3.17. The second kappa shape index (κ2) is 8.43. The van der Waals surface area contributed by atoms with Crippen molar-refractivity contribution in [1.29, 1.82) is 0 Å². The Morgan fingerprint density at radius 2 is 1.96 bits per heavy atom. The van der Waals surface area contributed by atoms with E-state index < -0.39 is 5.69 Å². The third-order valence-corrected chi connectivity index (χ3v) is 4.66. The maximum Gasteiger partial charge on any atom is 0.242 e. The third-order valence-electron chi connectivity index (χ3n) is 3.59. The zero-order valence-corrected chi connectivity index (χ0v) is 17.4. The molecule has 132 valence electrons. The predicted molar refractivity (Wildman–Crippen MR) is 104 cm³/mol. The van der Waals surface area contributed by atoms with Gasteiger partial charge < -0.3 is 18.6 Å². The fourth-order valence-corrected chi connectivity index (χ4v) is 3.60. The standard InChI is InChI=1S/C16H28NO3PS2/c1-12-7-8-14(9-13(2)19-6)10-15(12)16(11-17(3,4)5)20-21(18,22)23/h7-8,10,13,16H,9,11H2,1-6H3,(H-,18,22,23)/p+1. The van der Waals surface area contributed by atoms with Crippen LogP contribution < -0.4 is 0 Å². The third kappa shape index (κ3) is 8.12. The average Bonchev–Trinajstić information content (AvgIpc) is 2.36. The lowest BCUT2D eigenvalue weighted by molar-refractivity contribution is -0.873. The maximum atomic E-state index is 9.93. The Hall–Kier alpha value is 0.0600. The van der Waals surface area contributed by atoms with Gasteiger partial charge in [-0.3, -0.25) is 0 Å². The van der Waals surface area contributed by atoms with Crippen LogP contribution in [0.15, 0.2) is 18.2 Å². The van der Waals surface area contributed by atoms with Crippen LogP contribution in [0.2, 0.25) is 0 Å². The number of aryl methyl sites for hydroxylation is 1. The van der Waals surface area contributed by atoms with Gasteiger partial charge in [-0.25, -0.2) is 0 Å². The Kier molecular flexibility index (Phi) is 7.74. The summed E-state index contributed by atoms with van der Waals surface area (Å²) in [4.78, 5) is 9.93. The van der Waals surface area contributed by atoms with E-state index in [0.717, 1.165) is 17.5 Å². The largest absolute Gasteiger partial charge is 0.381 e. The molecule has 0 aliphatic rings. The molecule has 3 unspecified atom stereocenters. The summed E-state index contributed by atoms with van der Waals surface area (Å²) in [5.74, 6) is 0. The summed E-state index contributed by atoms with van der Waals surface area (Å²) in [7, 11) is 7.97. The van der Waals surface area contributed by atoms with Crippen molar-refractivity contribution in [2.75, 3.05) is 34.8 Å². The highest BCUT2D eigenvalue weighted by Gasteiger charge is 2.27. The molecule has 0 aliphatic heterocycles. The number of hydrogen-bond donors (Lipinski definition) is 2. The SMILES string of the molecule is COC(C)Cc1ccc(C)c(C(C[N+](C)(C)C)OP(O)(=S)S)c1. The summed E-state index contributed by atoms with van der Waals surface area (Å²) in [6, 6.07) is 6.31. The van der Waals surface area contributed by atoms with Crippen molar-refractivity contribution in [1.82, 2.24) is 0 Å². The molecule has 0 radical (unpaired) electrons. The van der Waals surface area contributed by atoms with Crippen LogP contribution in [0.4, 0.5) is 0 Å². The zero-order valence-electron chi connectivity index (χ0n) is 14.8. The van der Waals surface area contributed by atoms with Crippen LogP contribution in [0.25, 0.3) is 0 Å². The lowest BCUT2D eigenvalue weighted by Crippen LogP contribution is -2.39. The van der Waals surface area contributed by atoms with Gasteiger partial charge in [0.2, 0.25) is 5.69 Å². The van der Waals surface area contributed by atoms with Gasteiger partial charge in [0.1, 0.15) is 12.6 Å². The highest BCUT2D eigenvalue weighted by atomic mass is 32.9. The Morgan fingerprint density at radius 3 is 2.43 bits per heavy atom. The molecule has 1 N–H and O–H groups in total. The number of rotatable bonds is 8. The Bertz CT molecular complexity index is 569. The fourth-order valence-electron chi connectivity index (χ4n) is 2.43. The van der Waals surface area contributed by atoms with Crippen LogP contribution in [0.1, 0.15) is 29.7 Å². The van der Waals surface area contributed by atoms with E-state index in [4.69, 9.17) is 21.1 Å². The molecule has 1 rings (SSSR count). The van der Waals surface area contributed by atoms with E-state index >= 15 is 0 Å². The van der Waals surface area contributed by atoms with E-state index in [9.17, 15) is 4.89 Å². The van der Waals surface area contributed by atoms with Gasteiger partial charge in [0.25, 0.3) is 0 Å². The summed E-state index contributed by atoms with van der Waals surface area (Å²) in [6.45, 7) is 4.79. The first-order valence-corrected chi connectivity index (χ1v) is 11.4. The maximum absolute atomic E-state index is 9.93. The van der Waals surface area contributed by atoms with Gasteiger partial charge in [0, 0.05) is 7.11 Å². The van der Waals surface area contributed by atoms with Gasteiger partial charge in [0.15, 0.2) is 0 Å². The highest BCUT2D eigenvalue weighted by Crippen LogP contribution is 2.52. The van der Waals surface area contributed by atoms with Crippen molar-refractivity contribution in [3.63, 3.8) is 0 Å². The van der Waals surface area contributed by atoms with E-state index in [1.165, 1.54) is 5.56 Å². The molecule has 7 heteroatoms. The Morgan fingerprint density at radius 1 is 1.35 bits per heavy atom. The summed E-state index contributed by atoms with van der Waals surface area (Å²) in [5.41, 5.74) is 0.304. The lowest BCUT2D eigenvalue weighted by Gasteiger charge is -2.31. The molecule has 0 fully saturated rings. The van der Waals surface area contributed by atoms with Crippen molar-refractivity contribution >= 4 is 29.7 Å². The molecule has 1 aromatic carbocycles. The van der Waals surface area contributed by atoms with Crippen LogP contribution in [0.3, 0.4) is 0 Å². The van der Waals surface area contributed by atoms with E-state index in [2.05, 4.69) is 51.6 Å². The normalized spacial score (nSPS) is 17.6. The van der Waals surface area contributed by atoms with Crippen molar-refractivity contribution in [3.05, 3.63) is 34.9 Å². The molecular formula is C16H29NO3PS2+. The number of benzene rings is 1. The summed E-state index contributed by atoms with van der Waals surface area (Å²) in [6.07, 6.45) is 0.687.